The molecule has 0 fully saturated rings. The SMILES string of the molecule is CCOCCCNC1C[C@H](C)Sc2sccc21. The number of rotatable bonds is 6. The Kier molecular flexibility index (Phi) is 5.35. The Labute approximate surface area is 112 Å². The minimum atomic E-state index is 0.550. The van der Waals surface area contributed by atoms with Crippen LogP contribution in [0.3, 0.4) is 0 Å². The Morgan fingerprint density at radius 3 is 3.24 bits per heavy atom. The molecule has 4 heteroatoms. The largest absolute Gasteiger partial charge is 0.382 e. The first-order chi connectivity index (χ1) is 8.31. The predicted octanol–water partition coefficient (Wildman–Crippen LogP) is 3.69. The summed E-state index contributed by atoms with van der Waals surface area (Å²) in [4.78, 5) is 0. The number of hydrogen-bond acceptors (Lipinski definition) is 4. The number of thiophene rings is 1. The fourth-order valence-electron chi connectivity index (χ4n) is 2.14. The second kappa shape index (κ2) is 6.78. The van der Waals surface area contributed by atoms with E-state index in [1.54, 1.807) is 0 Å². The van der Waals surface area contributed by atoms with Crippen LogP contribution in [0.2, 0.25) is 0 Å². The molecular weight excluding hydrogens is 250 g/mol. The van der Waals surface area contributed by atoms with E-state index in [2.05, 4.69) is 23.7 Å². The molecule has 17 heavy (non-hydrogen) atoms. The maximum Gasteiger partial charge on any atom is 0.0649 e. The molecule has 0 radical (unpaired) electrons. The monoisotopic (exact) mass is 271 g/mol. The lowest BCUT2D eigenvalue weighted by Gasteiger charge is -2.27. The molecule has 1 aromatic heterocycles. The van der Waals surface area contributed by atoms with Crippen molar-refractivity contribution in [1.82, 2.24) is 5.32 Å². The molecule has 0 bridgehead atoms. The minimum Gasteiger partial charge on any atom is -0.382 e. The van der Waals surface area contributed by atoms with Gasteiger partial charge in [0.1, 0.15) is 0 Å². The van der Waals surface area contributed by atoms with Gasteiger partial charge in [-0.25, -0.2) is 0 Å². The van der Waals surface area contributed by atoms with E-state index in [-0.39, 0.29) is 0 Å². The van der Waals surface area contributed by atoms with E-state index in [4.69, 9.17) is 4.74 Å². The van der Waals surface area contributed by atoms with Crippen molar-refractivity contribution >= 4 is 23.1 Å². The van der Waals surface area contributed by atoms with Crippen LogP contribution in [0.5, 0.6) is 0 Å². The number of ether oxygens (including phenoxy) is 1. The number of thioether (sulfide) groups is 1. The third kappa shape index (κ3) is 3.71. The lowest BCUT2D eigenvalue weighted by atomic mass is 10.0. The Balaban J connectivity index is 1.81. The van der Waals surface area contributed by atoms with E-state index < -0.39 is 0 Å². The van der Waals surface area contributed by atoms with Crippen LogP contribution in [0.25, 0.3) is 0 Å². The predicted molar refractivity (Wildman–Crippen MR) is 76.1 cm³/mol. The van der Waals surface area contributed by atoms with Crippen LogP contribution in [0.15, 0.2) is 15.7 Å². The molecule has 96 valence electrons. The van der Waals surface area contributed by atoms with Gasteiger partial charge in [-0.05, 0) is 43.3 Å². The van der Waals surface area contributed by atoms with Gasteiger partial charge in [0.2, 0.25) is 0 Å². The van der Waals surface area contributed by atoms with Crippen molar-refractivity contribution in [2.24, 2.45) is 0 Å². The van der Waals surface area contributed by atoms with Gasteiger partial charge in [0.25, 0.3) is 0 Å². The van der Waals surface area contributed by atoms with Gasteiger partial charge in [-0.1, -0.05) is 6.92 Å². The fourth-order valence-corrected chi connectivity index (χ4v) is 4.70. The van der Waals surface area contributed by atoms with Gasteiger partial charge in [-0.3, -0.25) is 0 Å². The quantitative estimate of drug-likeness (QED) is 0.797. The smallest absolute Gasteiger partial charge is 0.0649 e. The molecule has 0 amide bonds. The molecule has 2 heterocycles. The van der Waals surface area contributed by atoms with Crippen molar-refractivity contribution in [3.05, 3.63) is 17.0 Å². The zero-order valence-corrected chi connectivity index (χ0v) is 12.2. The highest BCUT2D eigenvalue weighted by Crippen LogP contribution is 2.43. The van der Waals surface area contributed by atoms with Crippen molar-refractivity contribution < 1.29 is 4.74 Å². The molecule has 1 N–H and O–H groups in total. The van der Waals surface area contributed by atoms with Crippen molar-refractivity contribution in [3.63, 3.8) is 0 Å². The third-order valence-corrected chi connectivity index (χ3v) is 5.31. The summed E-state index contributed by atoms with van der Waals surface area (Å²) in [5, 5.41) is 6.61. The summed E-state index contributed by atoms with van der Waals surface area (Å²) >= 11 is 3.90. The average Bonchev–Trinajstić information content (AvgIpc) is 2.76. The topological polar surface area (TPSA) is 21.3 Å². The lowest BCUT2D eigenvalue weighted by Crippen LogP contribution is -2.27. The van der Waals surface area contributed by atoms with E-state index >= 15 is 0 Å². The first kappa shape index (κ1) is 13.4. The molecule has 2 rings (SSSR count). The molecule has 1 unspecified atom stereocenters. The molecule has 0 saturated heterocycles. The van der Waals surface area contributed by atoms with Gasteiger partial charge < -0.3 is 10.1 Å². The lowest BCUT2D eigenvalue weighted by molar-refractivity contribution is 0.144. The molecule has 2 nitrogen and oxygen atoms in total. The van der Waals surface area contributed by atoms with Crippen LogP contribution in [0, 0.1) is 0 Å². The van der Waals surface area contributed by atoms with Crippen LogP contribution in [-0.2, 0) is 4.74 Å². The molecule has 0 spiro atoms. The molecule has 2 atom stereocenters. The van der Waals surface area contributed by atoms with Gasteiger partial charge in [-0.2, -0.15) is 0 Å². The first-order valence-corrected chi connectivity index (χ1v) is 8.12. The summed E-state index contributed by atoms with van der Waals surface area (Å²) in [6.07, 6.45) is 2.34. The first-order valence-electron chi connectivity index (χ1n) is 6.36. The number of fused-ring (bicyclic) bond motifs is 1. The standard InChI is InChI=1S/C13H21NOS2/c1-3-15-7-4-6-14-12-9-10(2)17-13-11(12)5-8-16-13/h5,8,10,12,14H,3-4,6-7,9H2,1-2H3/t10-,12?/m0/s1. The van der Waals surface area contributed by atoms with E-state index in [0.717, 1.165) is 31.4 Å². The van der Waals surface area contributed by atoms with Gasteiger partial charge in [0.05, 0.1) is 4.21 Å². The molecule has 1 aliphatic rings. The van der Waals surface area contributed by atoms with Crippen LogP contribution in [-0.4, -0.2) is 25.0 Å². The summed E-state index contributed by atoms with van der Waals surface area (Å²) in [5.74, 6) is 0. The van der Waals surface area contributed by atoms with Gasteiger partial charge >= 0.3 is 0 Å². The van der Waals surface area contributed by atoms with Crippen molar-refractivity contribution in [3.8, 4) is 0 Å². The fraction of sp³-hybridized carbons (Fsp3) is 0.692. The molecule has 1 aliphatic heterocycles. The molecule has 0 saturated carbocycles. The van der Waals surface area contributed by atoms with Crippen molar-refractivity contribution in [1.29, 1.82) is 0 Å². The zero-order valence-electron chi connectivity index (χ0n) is 10.6. The summed E-state index contributed by atoms with van der Waals surface area (Å²) in [6, 6.07) is 2.83. The average molecular weight is 271 g/mol. The molecule has 0 aromatic carbocycles. The molecule has 0 aliphatic carbocycles. The van der Waals surface area contributed by atoms with Crippen molar-refractivity contribution in [2.75, 3.05) is 19.8 Å². The summed E-state index contributed by atoms with van der Waals surface area (Å²) in [7, 11) is 0. The number of hydrogen-bond donors (Lipinski definition) is 1. The highest BCUT2D eigenvalue weighted by atomic mass is 32.2. The zero-order chi connectivity index (χ0) is 12.1. The third-order valence-electron chi connectivity index (χ3n) is 2.97. The maximum absolute atomic E-state index is 5.36. The van der Waals surface area contributed by atoms with Gasteiger partial charge in [0, 0.05) is 24.5 Å². The van der Waals surface area contributed by atoms with E-state index in [1.807, 2.05) is 30.0 Å². The normalized spacial score (nSPS) is 23.6. The van der Waals surface area contributed by atoms with Gasteiger partial charge in [-0.15, -0.1) is 23.1 Å². The molecular formula is C13H21NOS2. The van der Waals surface area contributed by atoms with Crippen molar-refractivity contribution in [2.45, 2.75) is 42.2 Å². The van der Waals surface area contributed by atoms with Crippen LogP contribution in [0.4, 0.5) is 0 Å². The summed E-state index contributed by atoms with van der Waals surface area (Å²) in [6.45, 7) is 7.12. The van der Waals surface area contributed by atoms with Gasteiger partial charge in [0.15, 0.2) is 0 Å². The number of nitrogens with one attached hydrogen (secondary N) is 1. The van der Waals surface area contributed by atoms with E-state index in [9.17, 15) is 0 Å². The molecule has 1 aromatic rings. The van der Waals surface area contributed by atoms with E-state index in [1.165, 1.54) is 16.2 Å². The summed E-state index contributed by atoms with van der Waals surface area (Å²) in [5.41, 5.74) is 1.51. The van der Waals surface area contributed by atoms with Crippen LogP contribution >= 0.6 is 23.1 Å². The van der Waals surface area contributed by atoms with Crippen LogP contribution in [0.1, 0.15) is 38.3 Å². The maximum atomic E-state index is 5.36. The minimum absolute atomic E-state index is 0.550. The summed E-state index contributed by atoms with van der Waals surface area (Å²) < 4.78 is 6.86. The second-order valence-corrected chi connectivity index (χ2v) is 7.01. The highest BCUT2D eigenvalue weighted by molar-refractivity contribution is 8.01. The Morgan fingerprint density at radius 2 is 2.41 bits per heavy atom. The Bertz CT molecular complexity index is 340. The highest BCUT2D eigenvalue weighted by Gasteiger charge is 2.25. The van der Waals surface area contributed by atoms with Crippen LogP contribution < -0.4 is 5.32 Å². The Morgan fingerprint density at radius 1 is 1.53 bits per heavy atom. The van der Waals surface area contributed by atoms with E-state index in [0.29, 0.717) is 6.04 Å². The second-order valence-electron chi connectivity index (χ2n) is 4.38. The Hall–Kier alpha value is -0.0300.